The molecule has 1 aromatic carbocycles. The van der Waals surface area contributed by atoms with Crippen LogP contribution in [0.25, 0.3) is 0 Å². The van der Waals surface area contributed by atoms with Gasteiger partial charge in [0.15, 0.2) is 0 Å². The molecule has 0 heterocycles. The van der Waals surface area contributed by atoms with Crippen molar-refractivity contribution in [2.45, 2.75) is 32.4 Å². The molecular weight excluding hydrogens is 252 g/mol. The molecule has 0 aromatic heterocycles. The van der Waals surface area contributed by atoms with Crippen LogP contribution in [-0.2, 0) is 6.42 Å². The predicted octanol–water partition coefficient (Wildman–Crippen LogP) is 0.882. The summed E-state index contributed by atoms with van der Waals surface area (Å²) < 4.78 is 0. The summed E-state index contributed by atoms with van der Waals surface area (Å²) in [5, 5.41) is 22.7. The van der Waals surface area contributed by atoms with Gasteiger partial charge in [-0.05, 0) is 25.1 Å². The van der Waals surface area contributed by atoms with E-state index in [-0.39, 0.29) is 12.6 Å². The van der Waals surface area contributed by atoms with Crippen LogP contribution >= 0.6 is 0 Å². The zero-order chi connectivity index (χ0) is 14.8. The van der Waals surface area contributed by atoms with Crippen molar-refractivity contribution >= 4 is 0 Å². The quantitative estimate of drug-likeness (QED) is 0.595. The Morgan fingerprint density at radius 2 is 1.80 bits per heavy atom. The van der Waals surface area contributed by atoms with Gasteiger partial charge in [0, 0.05) is 19.1 Å². The molecule has 0 amide bonds. The number of nitrogens with zero attached hydrogens (tertiary/aromatic N) is 1. The van der Waals surface area contributed by atoms with Crippen molar-refractivity contribution in [3.8, 4) is 0 Å². The Morgan fingerprint density at radius 1 is 1.15 bits per heavy atom. The number of likely N-dealkylation sites (N-methyl/N-ethyl adjacent to an activating group) is 1. The Kier molecular flexibility index (Phi) is 8.46. The van der Waals surface area contributed by atoms with Crippen molar-refractivity contribution < 1.29 is 10.2 Å². The topological polar surface area (TPSA) is 55.7 Å². The first-order valence-electron chi connectivity index (χ1n) is 7.48. The van der Waals surface area contributed by atoms with Crippen LogP contribution in [0.1, 0.15) is 19.4 Å². The molecule has 114 valence electrons. The van der Waals surface area contributed by atoms with Crippen molar-refractivity contribution in [2.75, 3.05) is 32.8 Å². The molecule has 2 unspecified atom stereocenters. The first-order valence-corrected chi connectivity index (χ1v) is 7.48. The van der Waals surface area contributed by atoms with E-state index in [9.17, 15) is 10.2 Å². The SMILES string of the molecule is CCN(CC)CC(O)CNC(CO)Cc1ccccc1. The zero-order valence-electron chi connectivity index (χ0n) is 12.6. The zero-order valence-corrected chi connectivity index (χ0v) is 12.6. The fraction of sp³-hybridized carbons (Fsp3) is 0.625. The standard InChI is InChI=1S/C16H28N2O2/c1-3-18(4-2)12-16(20)11-17-15(13-19)10-14-8-6-5-7-9-14/h5-9,15-17,19-20H,3-4,10-13H2,1-2H3. The number of hydrogen-bond donors (Lipinski definition) is 3. The summed E-state index contributed by atoms with van der Waals surface area (Å²) in [6.45, 7) is 7.33. The van der Waals surface area contributed by atoms with Crippen LogP contribution in [0, 0.1) is 0 Å². The van der Waals surface area contributed by atoms with E-state index in [1.807, 2.05) is 18.2 Å². The van der Waals surface area contributed by atoms with Crippen molar-refractivity contribution in [1.82, 2.24) is 10.2 Å². The largest absolute Gasteiger partial charge is 0.395 e. The minimum absolute atomic E-state index is 0.0104. The van der Waals surface area contributed by atoms with Gasteiger partial charge in [0.1, 0.15) is 0 Å². The maximum atomic E-state index is 10.0. The molecule has 0 radical (unpaired) electrons. The summed E-state index contributed by atoms with van der Waals surface area (Å²) in [5.41, 5.74) is 1.19. The molecule has 0 saturated heterocycles. The predicted molar refractivity (Wildman–Crippen MR) is 82.8 cm³/mol. The van der Waals surface area contributed by atoms with Crippen LogP contribution in [0.2, 0.25) is 0 Å². The normalized spacial score (nSPS) is 14.4. The molecule has 4 heteroatoms. The lowest BCUT2D eigenvalue weighted by Crippen LogP contribution is -2.43. The molecule has 1 aromatic rings. The highest BCUT2D eigenvalue weighted by Crippen LogP contribution is 2.03. The minimum atomic E-state index is -0.403. The Bertz CT molecular complexity index is 342. The lowest BCUT2D eigenvalue weighted by molar-refractivity contribution is 0.110. The van der Waals surface area contributed by atoms with Crippen LogP contribution in [0.5, 0.6) is 0 Å². The fourth-order valence-electron chi connectivity index (χ4n) is 2.25. The third-order valence-corrected chi connectivity index (χ3v) is 3.55. The van der Waals surface area contributed by atoms with E-state index in [0.717, 1.165) is 19.5 Å². The molecule has 1 rings (SSSR count). The van der Waals surface area contributed by atoms with E-state index in [0.29, 0.717) is 13.1 Å². The summed E-state index contributed by atoms with van der Waals surface area (Å²) in [6.07, 6.45) is 0.370. The van der Waals surface area contributed by atoms with Gasteiger partial charge in [0.25, 0.3) is 0 Å². The van der Waals surface area contributed by atoms with Crippen LogP contribution in [-0.4, -0.2) is 60.0 Å². The molecule has 0 aliphatic rings. The molecular formula is C16H28N2O2. The van der Waals surface area contributed by atoms with E-state index < -0.39 is 6.10 Å². The van der Waals surface area contributed by atoms with Gasteiger partial charge >= 0.3 is 0 Å². The summed E-state index contributed by atoms with van der Waals surface area (Å²) in [6, 6.07) is 10.1. The Hall–Kier alpha value is -0.940. The Morgan fingerprint density at radius 3 is 2.35 bits per heavy atom. The second-order valence-corrected chi connectivity index (χ2v) is 5.12. The number of aliphatic hydroxyl groups is 2. The van der Waals surface area contributed by atoms with Crippen molar-refractivity contribution in [3.63, 3.8) is 0 Å². The monoisotopic (exact) mass is 280 g/mol. The van der Waals surface area contributed by atoms with E-state index in [4.69, 9.17) is 0 Å². The van der Waals surface area contributed by atoms with E-state index in [2.05, 4.69) is 36.2 Å². The van der Waals surface area contributed by atoms with E-state index in [1.165, 1.54) is 5.56 Å². The van der Waals surface area contributed by atoms with Gasteiger partial charge in [-0.1, -0.05) is 44.2 Å². The molecule has 0 aliphatic carbocycles. The van der Waals surface area contributed by atoms with Crippen molar-refractivity contribution in [1.29, 1.82) is 0 Å². The van der Waals surface area contributed by atoms with Crippen LogP contribution in [0.4, 0.5) is 0 Å². The van der Waals surface area contributed by atoms with Gasteiger partial charge in [0.05, 0.1) is 12.7 Å². The summed E-state index contributed by atoms with van der Waals surface area (Å²) in [5.74, 6) is 0. The minimum Gasteiger partial charge on any atom is -0.395 e. The molecule has 3 N–H and O–H groups in total. The fourth-order valence-corrected chi connectivity index (χ4v) is 2.25. The highest BCUT2D eigenvalue weighted by molar-refractivity contribution is 5.15. The van der Waals surface area contributed by atoms with Crippen LogP contribution in [0.3, 0.4) is 0 Å². The third kappa shape index (κ3) is 6.48. The lowest BCUT2D eigenvalue weighted by Gasteiger charge is -2.24. The van der Waals surface area contributed by atoms with Crippen molar-refractivity contribution in [2.24, 2.45) is 0 Å². The van der Waals surface area contributed by atoms with Gasteiger partial charge in [-0.3, -0.25) is 0 Å². The Labute approximate surface area is 122 Å². The molecule has 0 aliphatic heterocycles. The van der Waals surface area contributed by atoms with Gasteiger partial charge < -0.3 is 20.4 Å². The average Bonchev–Trinajstić information content (AvgIpc) is 2.50. The maximum absolute atomic E-state index is 10.0. The van der Waals surface area contributed by atoms with Gasteiger partial charge in [0.2, 0.25) is 0 Å². The molecule has 0 saturated carbocycles. The third-order valence-electron chi connectivity index (χ3n) is 3.55. The summed E-state index contributed by atoms with van der Waals surface area (Å²) in [4.78, 5) is 2.19. The molecule has 4 nitrogen and oxygen atoms in total. The number of benzene rings is 1. The number of rotatable bonds is 10. The van der Waals surface area contributed by atoms with Crippen LogP contribution in [0.15, 0.2) is 30.3 Å². The van der Waals surface area contributed by atoms with Gasteiger partial charge in [-0.15, -0.1) is 0 Å². The molecule has 0 bridgehead atoms. The van der Waals surface area contributed by atoms with Crippen molar-refractivity contribution in [3.05, 3.63) is 35.9 Å². The summed E-state index contributed by atoms with van der Waals surface area (Å²) >= 11 is 0. The van der Waals surface area contributed by atoms with E-state index in [1.54, 1.807) is 0 Å². The molecule has 0 spiro atoms. The van der Waals surface area contributed by atoms with Crippen LogP contribution < -0.4 is 5.32 Å². The summed E-state index contributed by atoms with van der Waals surface area (Å²) in [7, 11) is 0. The first-order chi connectivity index (χ1) is 9.69. The van der Waals surface area contributed by atoms with E-state index >= 15 is 0 Å². The highest BCUT2D eigenvalue weighted by atomic mass is 16.3. The lowest BCUT2D eigenvalue weighted by atomic mass is 10.1. The molecule has 2 atom stereocenters. The second kappa shape index (κ2) is 9.88. The highest BCUT2D eigenvalue weighted by Gasteiger charge is 2.12. The first kappa shape index (κ1) is 17.1. The van der Waals surface area contributed by atoms with Gasteiger partial charge in [-0.2, -0.15) is 0 Å². The Balaban J connectivity index is 2.33. The smallest absolute Gasteiger partial charge is 0.0791 e. The average molecular weight is 280 g/mol. The molecule has 20 heavy (non-hydrogen) atoms. The molecule has 0 fully saturated rings. The number of nitrogens with one attached hydrogen (secondary N) is 1. The number of hydrogen-bond acceptors (Lipinski definition) is 4. The second-order valence-electron chi connectivity index (χ2n) is 5.12. The van der Waals surface area contributed by atoms with Gasteiger partial charge in [-0.25, -0.2) is 0 Å². The number of aliphatic hydroxyl groups excluding tert-OH is 2. The maximum Gasteiger partial charge on any atom is 0.0791 e.